The molecule has 3 rings (SSSR count). The summed E-state index contributed by atoms with van der Waals surface area (Å²) in [6, 6.07) is 4.52. The Kier molecular flexibility index (Phi) is 8.33. The van der Waals surface area contributed by atoms with Crippen LogP contribution in [0.5, 0.6) is 34.5 Å². The number of fused-ring (bicyclic) bond motifs is 1. The largest absolute Gasteiger partial charge is 0.507 e. The van der Waals surface area contributed by atoms with Crippen molar-refractivity contribution in [2.45, 2.75) is 59.0 Å². The lowest BCUT2D eigenvalue weighted by Gasteiger charge is -2.27. The van der Waals surface area contributed by atoms with Crippen LogP contribution in [0.1, 0.15) is 74.0 Å². The lowest BCUT2D eigenvalue weighted by atomic mass is 9.92. The van der Waals surface area contributed by atoms with Crippen LogP contribution in [0.25, 0.3) is 0 Å². The molecule has 0 saturated heterocycles. The first-order valence-electron chi connectivity index (χ1n) is 11.7. The molecule has 188 valence electrons. The van der Waals surface area contributed by atoms with E-state index >= 15 is 0 Å². The van der Waals surface area contributed by atoms with Crippen LogP contribution in [0, 0.1) is 0 Å². The molecule has 1 aliphatic rings. The molecule has 0 saturated carbocycles. The molecule has 0 aromatic heterocycles. The van der Waals surface area contributed by atoms with E-state index in [4.69, 9.17) is 14.2 Å². The number of allylic oxidation sites excluding steroid dienone is 4. The van der Waals surface area contributed by atoms with Crippen molar-refractivity contribution in [1.82, 2.24) is 0 Å². The number of ether oxygens (including phenoxy) is 3. The molecule has 2 aromatic carbocycles. The highest BCUT2D eigenvalue weighted by atomic mass is 16.5. The first-order valence-corrected chi connectivity index (χ1v) is 11.7. The van der Waals surface area contributed by atoms with E-state index in [-0.39, 0.29) is 52.3 Å². The molecule has 0 fully saturated rings. The van der Waals surface area contributed by atoms with Crippen LogP contribution in [-0.4, -0.2) is 35.3 Å². The molecule has 0 aliphatic carbocycles. The molecular weight excluding hydrogens is 448 g/mol. The van der Waals surface area contributed by atoms with Gasteiger partial charge in [-0.25, -0.2) is 0 Å². The fourth-order valence-electron chi connectivity index (χ4n) is 4.19. The number of methoxy groups -OCH3 is 2. The van der Waals surface area contributed by atoms with Gasteiger partial charge in [0.2, 0.25) is 5.75 Å². The van der Waals surface area contributed by atoms with Gasteiger partial charge >= 0.3 is 0 Å². The highest BCUT2D eigenvalue weighted by Gasteiger charge is 2.33. The Balaban J connectivity index is 1.81. The van der Waals surface area contributed by atoms with E-state index in [1.165, 1.54) is 31.4 Å². The van der Waals surface area contributed by atoms with E-state index in [1.807, 2.05) is 0 Å². The summed E-state index contributed by atoms with van der Waals surface area (Å²) in [5, 5.41) is 31.6. The molecule has 2 aromatic rings. The Labute approximate surface area is 206 Å². The van der Waals surface area contributed by atoms with E-state index in [9.17, 15) is 20.1 Å². The molecule has 0 bridgehead atoms. The van der Waals surface area contributed by atoms with Crippen LogP contribution in [-0.2, 0) is 6.42 Å². The van der Waals surface area contributed by atoms with Crippen molar-refractivity contribution in [2.75, 3.05) is 14.2 Å². The van der Waals surface area contributed by atoms with Crippen molar-refractivity contribution in [1.29, 1.82) is 0 Å². The van der Waals surface area contributed by atoms with Gasteiger partial charge in [-0.1, -0.05) is 23.3 Å². The maximum Gasteiger partial charge on any atom is 0.200 e. The molecular formula is C28H34O7. The van der Waals surface area contributed by atoms with Gasteiger partial charge < -0.3 is 29.5 Å². The fourth-order valence-corrected chi connectivity index (χ4v) is 4.19. The van der Waals surface area contributed by atoms with Crippen LogP contribution in [0.4, 0.5) is 0 Å². The van der Waals surface area contributed by atoms with Gasteiger partial charge in [0.1, 0.15) is 28.9 Å². The predicted molar refractivity (Wildman–Crippen MR) is 134 cm³/mol. The standard InChI is InChI=1S/C28H34O7/c1-16(2)8-6-9-17(3)10-7-11-19-20(29)14-23-26(27(19)31)21(30)15-22(35-23)18-12-24(33-4)28(32)25(13-18)34-5/h8,10,12-14,22,29,31-32H,6-7,9,11,15H2,1-5H3/b17-10+/t22-/m0/s1. The second kappa shape index (κ2) is 11.2. The lowest BCUT2D eigenvalue weighted by Crippen LogP contribution is -2.21. The predicted octanol–water partition coefficient (Wildman–Crippen LogP) is 6.15. The van der Waals surface area contributed by atoms with Gasteiger partial charge in [0.15, 0.2) is 17.3 Å². The number of aromatic hydroxyl groups is 3. The van der Waals surface area contributed by atoms with Gasteiger partial charge in [-0.15, -0.1) is 0 Å². The number of benzene rings is 2. The first-order chi connectivity index (χ1) is 16.7. The van der Waals surface area contributed by atoms with Crippen LogP contribution >= 0.6 is 0 Å². The smallest absolute Gasteiger partial charge is 0.200 e. The van der Waals surface area contributed by atoms with Gasteiger partial charge in [0.25, 0.3) is 0 Å². The Morgan fingerprint density at radius 3 is 2.26 bits per heavy atom. The first kappa shape index (κ1) is 26.0. The van der Waals surface area contributed by atoms with E-state index in [2.05, 4.69) is 32.9 Å². The third kappa shape index (κ3) is 5.91. The molecule has 7 nitrogen and oxygen atoms in total. The van der Waals surface area contributed by atoms with Crippen molar-refractivity contribution in [3.63, 3.8) is 0 Å². The molecule has 0 radical (unpaired) electrons. The number of carbonyl (C=O) groups excluding carboxylic acids is 1. The monoisotopic (exact) mass is 482 g/mol. The summed E-state index contributed by atoms with van der Waals surface area (Å²) in [5.41, 5.74) is 3.50. The van der Waals surface area contributed by atoms with Crippen LogP contribution < -0.4 is 14.2 Å². The molecule has 0 spiro atoms. The second-order valence-electron chi connectivity index (χ2n) is 9.01. The number of phenolic OH excluding ortho intramolecular Hbond substituents is 3. The summed E-state index contributed by atoms with van der Waals surface area (Å²) < 4.78 is 16.4. The molecule has 0 amide bonds. The summed E-state index contributed by atoms with van der Waals surface area (Å²) in [4.78, 5) is 13.0. The quantitative estimate of drug-likeness (QED) is 0.368. The van der Waals surface area contributed by atoms with Crippen molar-refractivity contribution >= 4 is 5.78 Å². The van der Waals surface area contributed by atoms with E-state index in [0.717, 1.165) is 12.8 Å². The average molecular weight is 483 g/mol. The minimum Gasteiger partial charge on any atom is -0.507 e. The zero-order chi connectivity index (χ0) is 25.7. The van der Waals surface area contributed by atoms with Crippen molar-refractivity contribution in [2.24, 2.45) is 0 Å². The lowest BCUT2D eigenvalue weighted by molar-refractivity contribution is 0.0843. The molecule has 1 atom stereocenters. The Hall–Kier alpha value is -3.61. The van der Waals surface area contributed by atoms with Crippen molar-refractivity contribution in [3.8, 4) is 34.5 Å². The fraction of sp³-hybridized carbons (Fsp3) is 0.393. The van der Waals surface area contributed by atoms with Gasteiger partial charge in [0.05, 0.1) is 20.6 Å². The molecule has 1 heterocycles. The van der Waals surface area contributed by atoms with Gasteiger partial charge in [-0.2, -0.15) is 0 Å². The van der Waals surface area contributed by atoms with Crippen molar-refractivity contribution in [3.05, 3.63) is 58.2 Å². The number of rotatable bonds is 9. The highest BCUT2D eigenvalue weighted by molar-refractivity contribution is 6.03. The number of hydrogen-bond donors (Lipinski definition) is 3. The zero-order valence-electron chi connectivity index (χ0n) is 21.0. The normalized spacial score (nSPS) is 15.3. The Morgan fingerprint density at radius 1 is 1.00 bits per heavy atom. The van der Waals surface area contributed by atoms with E-state index < -0.39 is 6.10 Å². The number of phenols is 3. The summed E-state index contributed by atoms with van der Waals surface area (Å²) in [5.74, 6) is -0.315. The Morgan fingerprint density at radius 2 is 1.66 bits per heavy atom. The SMILES string of the molecule is COc1cc([C@@H]2CC(=O)c3c(cc(O)c(CC/C=C(\C)CCC=C(C)C)c3O)O2)cc(OC)c1O. The highest BCUT2D eigenvalue weighted by Crippen LogP contribution is 2.47. The summed E-state index contributed by atoms with van der Waals surface area (Å²) >= 11 is 0. The molecule has 0 unspecified atom stereocenters. The van der Waals surface area contributed by atoms with Gasteiger partial charge in [-0.3, -0.25) is 4.79 Å². The maximum absolute atomic E-state index is 13.0. The summed E-state index contributed by atoms with van der Waals surface area (Å²) in [6.45, 7) is 6.22. The summed E-state index contributed by atoms with van der Waals surface area (Å²) in [6.07, 6.45) is 6.53. The third-order valence-electron chi connectivity index (χ3n) is 6.12. The van der Waals surface area contributed by atoms with Crippen LogP contribution in [0.15, 0.2) is 41.5 Å². The zero-order valence-corrected chi connectivity index (χ0v) is 21.0. The molecule has 3 N–H and O–H groups in total. The minimum absolute atomic E-state index is 0.0226. The van der Waals surface area contributed by atoms with Crippen LogP contribution in [0.3, 0.4) is 0 Å². The van der Waals surface area contributed by atoms with Gasteiger partial charge in [-0.05, 0) is 58.6 Å². The van der Waals surface area contributed by atoms with Crippen LogP contribution in [0.2, 0.25) is 0 Å². The number of hydrogen-bond acceptors (Lipinski definition) is 7. The number of Topliss-reactive ketones (excluding diaryl/α,β-unsaturated/α-hetero) is 1. The molecule has 7 heteroatoms. The van der Waals surface area contributed by atoms with E-state index in [0.29, 0.717) is 24.0 Å². The summed E-state index contributed by atoms with van der Waals surface area (Å²) in [7, 11) is 2.83. The van der Waals surface area contributed by atoms with E-state index in [1.54, 1.807) is 12.1 Å². The second-order valence-corrected chi connectivity index (χ2v) is 9.01. The topological polar surface area (TPSA) is 105 Å². The average Bonchev–Trinajstić information content (AvgIpc) is 2.80. The number of carbonyl (C=O) groups is 1. The third-order valence-corrected chi connectivity index (χ3v) is 6.12. The molecule has 35 heavy (non-hydrogen) atoms. The number of ketones is 1. The molecule has 1 aliphatic heterocycles. The maximum atomic E-state index is 13.0. The minimum atomic E-state index is -0.700. The van der Waals surface area contributed by atoms with Gasteiger partial charge in [0, 0.05) is 17.2 Å². The Bertz CT molecular complexity index is 1130. The van der Waals surface area contributed by atoms with Crippen molar-refractivity contribution < 1.29 is 34.3 Å².